The number of carbonyl (C=O) groups excluding carboxylic acids is 5. The summed E-state index contributed by atoms with van der Waals surface area (Å²) in [6, 6.07) is 11.8. The molecule has 66 heavy (non-hydrogen) atoms. The number of carbonyl (C=O) groups is 5. The van der Waals surface area contributed by atoms with Crippen molar-refractivity contribution in [2.24, 2.45) is 17.8 Å². The van der Waals surface area contributed by atoms with Crippen molar-refractivity contribution in [3.05, 3.63) is 76.6 Å². The molecule has 5 saturated heterocycles. The summed E-state index contributed by atoms with van der Waals surface area (Å²) in [6.45, 7) is 17.8. The summed E-state index contributed by atoms with van der Waals surface area (Å²) in [5, 5.41) is 13.8. The molecule has 348 valence electrons. The summed E-state index contributed by atoms with van der Waals surface area (Å²) >= 11 is 0. The summed E-state index contributed by atoms with van der Waals surface area (Å²) in [6.07, 6.45) is 0.756. The maximum Gasteiger partial charge on any atom is 0.407 e. The molecular weight excluding hydrogens is 856 g/mol. The Kier molecular flexibility index (Phi) is 13.0. The quantitative estimate of drug-likeness (QED) is 0.206. The predicted octanol–water partition coefficient (Wildman–Crippen LogP) is 5.05. The van der Waals surface area contributed by atoms with E-state index < -0.39 is 47.1 Å². The smallest absolute Gasteiger partial charge is 0.372 e. The van der Waals surface area contributed by atoms with Gasteiger partial charge >= 0.3 is 6.18 Å². The fourth-order valence-corrected chi connectivity index (χ4v) is 10.5. The zero-order valence-electron chi connectivity index (χ0n) is 36.8. The molecule has 1 aromatic heterocycles. The number of anilines is 4. The second-order valence-electron chi connectivity index (χ2n) is 18.5. The standard InChI is InChI=1S/C47H54F3N11O5/c1-51-38-5-3-34(27-37(38)47(48,49)50)59-20-14-32(15-21-59)43(63)52-40-7-8-41(55-54-40)60-18-12-31(13-19-60)29-57-24-22-56(23-25-57)28-30-10-16-58(17-11-30)33-2-4-35-36(26-33)46(66)61(45(35)65)39-6-9-42(62)53-44(39)64/h2-5,7-8,26-27,30-32,39H,6,9-25,28-29H2,(H,52,54,63)(H,53,62,64). The van der Waals surface area contributed by atoms with E-state index >= 15 is 0 Å². The van der Waals surface area contributed by atoms with Gasteiger partial charge in [0, 0.05) is 102 Å². The first-order valence-electron chi connectivity index (χ1n) is 23.1. The van der Waals surface area contributed by atoms with Gasteiger partial charge in [-0.2, -0.15) is 13.2 Å². The number of imide groups is 2. The van der Waals surface area contributed by atoms with Gasteiger partial charge in [0.2, 0.25) is 17.7 Å². The highest BCUT2D eigenvalue weighted by Crippen LogP contribution is 2.40. The molecule has 2 aromatic carbocycles. The molecule has 0 radical (unpaired) electrons. The van der Waals surface area contributed by atoms with Gasteiger partial charge in [0.1, 0.15) is 6.04 Å². The Morgan fingerprint density at radius 2 is 1.27 bits per heavy atom. The van der Waals surface area contributed by atoms with Crippen LogP contribution in [0.5, 0.6) is 0 Å². The summed E-state index contributed by atoms with van der Waals surface area (Å²) < 4.78 is 40.5. The van der Waals surface area contributed by atoms with Crippen molar-refractivity contribution in [2.75, 3.05) is 98.6 Å². The van der Waals surface area contributed by atoms with Crippen molar-refractivity contribution in [2.45, 2.75) is 63.6 Å². The molecule has 5 amide bonds. The van der Waals surface area contributed by atoms with Crippen LogP contribution in [0.1, 0.15) is 77.6 Å². The number of halogens is 3. The van der Waals surface area contributed by atoms with Gasteiger partial charge in [0.15, 0.2) is 17.3 Å². The highest BCUT2D eigenvalue weighted by Gasteiger charge is 2.45. The molecule has 9 rings (SSSR count). The van der Waals surface area contributed by atoms with E-state index in [0.717, 1.165) is 114 Å². The number of hydrogen-bond donors (Lipinski definition) is 2. The first-order valence-corrected chi connectivity index (χ1v) is 23.1. The molecule has 0 aliphatic carbocycles. The van der Waals surface area contributed by atoms with Crippen LogP contribution in [-0.2, 0) is 20.6 Å². The number of aromatic nitrogens is 2. The minimum absolute atomic E-state index is 0.0892. The number of hydrogen-bond acceptors (Lipinski definition) is 12. The molecule has 0 saturated carbocycles. The van der Waals surface area contributed by atoms with Crippen molar-refractivity contribution in [3.8, 4) is 0 Å². The van der Waals surface area contributed by atoms with Gasteiger partial charge in [-0.25, -0.2) is 4.85 Å². The SMILES string of the molecule is [C-]#[N+]c1ccc(N2CCC(C(=O)Nc3ccc(N4CCC(CN5CCN(CC6CCN(c7ccc8c(c7)C(=O)N(C7CCC(=O)NC7=O)C8=O)CC6)CC5)CC4)nn3)CC2)cc1C(F)(F)F. The molecule has 6 aliphatic heterocycles. The first kappa shape index (κ1) is 45.0. The van der Waals surface area contributed by atoms with Gasteiger partial charge in [0.05, 0.1) is 23.3 Å². The van der Waals surface area contributed by atoms with Gasteiger partial charge in [-0.15, -0.1) is 10.2 Å². The Bertz CT molecular complexity index is 2380. The average Bonchev–Trinajstić information content (AvgIpc) is 3.57. The van der Waals surface area contributed by atoms with Crippen LogP contribution in [0.4, 0.5) is 41.9 Å². The monoisotopic (exact) mass is 909 g/mol. The molecule has 0 bridgehead atoms. The number of alkyl halides is 3. The number of benzene rings is 2. The molecule has 3 aromatic rings. The number of piperazine rings is 1. The maximum atomic E-state index is 13.5. The summed E-state index contributed by atoms with van der Waals surface area (Å²) in [5.41, 5.74) is 0.531. The zero-order valence-corrected chi connectivity index (χ0v) is 36.8. The lowest BCUT2D eigenvalue weighted by atomic mass is 9.94. The lowest BCUT2D eigenvalue weighted by molar-refractivity contribution is -0.137. The first-order chi connectivity index (χ1) is 31.8. The zero-order chi connectivity index (χ0) is 46.1. The van der Waals surface area contributed by atoms with Gasteiger partial charge in [-0.05, 0) is 99.2 Å². The minimum atomic E-state index is -4.62. The lowest BCUT2D eigenvalue weighted by Gasteiger charge is -2.41. The Morgan fingerprint density at radius 3 is 1.85 bits per heavy atom. The van der Waals surface area contributed by atoms with Crippen LogP contribution in [-0.4, -0.2) is 139 Å². The number of amides is 5. The fraction of sp³-hybridized carbons (Fsp3) is 0.532. The largest absolute Gasteiger partial charge is 0.407 e. The molecular formula is C47H54F3N11O5. The van der Waals surface area contributed by atoms with Crippen LogP contribution < -0.4 is 25.3 Å². The molecule has 16 nitrogen and oxygen atoms in total. The third-order valence-electron chi connectivity index (χ3n) is 14.4. The molecule has 5 fully saturated rings. The Labute approximate surface area is 381 Å². The van der Waals surface area contributed by atoms with Gasteiger partial charge in [0.25, 0.3) is 11.8 Å². The number of piperidine rings is 4. The van der Waals surface area contributed by atoms with Crippen LogP contribution in [0.2, 0.25) is 0 Å². The fourth-order valence-electron chi connectivity index (χ4n) is 10.5. The van der Waals surface area contributed by atoms with Gasteiger partial charge in [-0.1, -0.05) is 6.07 Å². The third-order valence-corrected chi connectivity index (χ3v) is 14.4. The molecule has 1 atom stereocenters. The number of nitrogens with zero attached hydrogens (tertiary/aromatic N) is 9. The second kappa shape index (κ2) is 19.0. The number of fused-ring (bicyclic) bond motifs is 1. The van der Waals surface area contributed by atoms with Crippen molar-refractivity contribution in [3.63, 3.8) is 0 Å². The van der Waals surface area contributed by atoms with Crippen LogP contribution in [0, 0.1) is 24.3 Å². The summed E-state index contributed by atoms with van der Waals surface area (Å²) in [7, 11) is 0. The van der Waals surface area contributed by atoms with Gasteiger partial charge < -0.3 is 29.8 Å². The molecule has 2 N–H and O–H groups in total. The van der Waals surface area contributed by atoms with Crippen molar-refractivity contribution in [1.29, 1.82) is 0 Å². The molecule has 6 aliphatic rings. The van der Waals surface area contributed by atoms with E-state index in [9.17, 15) is 37.1 Å². The highest BCUT2D eigenvalue weighted by atomic mass is 19.4. The Morgan fingerprint density at radius 1 is 0.697 bits per heavy atom. The van der Waals surface area contributed by atoms with E-state index in [2.05, 4.69) is 45.3 Å². The second-order valence-corrected chi connectivity index (χ2v) is 18.5. The lowest BCUT2D eigenvalue weighted by Crippen LogP contribution is -2.54. The average molecular weight is 910 g/mol. The maximum absolute atomic E-state index is 13.5. The van der Waals surface area contributed by atoms with Gasteiger partial charge in [-0.3, -0.25) is 34.2 Å². The number of rotatable bonds is 10. The Balaban J connectivity index is 0.661. The van der Waals surface area contributed by atoms with E-state index in [4.69, 9.17) is 6.57 Å². The number of nitrogens with one attached hydrogen (secondary N) is 2. The normalized spacial score (nSPS) is 22.1. The molecule has 0 spiro atoms. The topological polar surface area (TPSA) is 159 Å². The predicted molar refractivity (Wildman–Crippen MR) is 239 cm³/mol. The van der Waals surface area contributed by atoms with E-state index in [-0.39, 0.29) is 24.7 Å². The van der Waals surface area contributed by atoms with Crippen molar-refractivity contribution in [1.82, 2.24) is 30.2 Å². The van der Waals surface area contributed by atoms with Crippen molar-refractivity contribution >= 4 is 58.2 Å². The molecule has 19 heteroatoms. The third kappa shape index (κ3) is 9.71. The Hall–Kier alpha value is -6.13. The minimum Gasteiger partial charge on any atom is -0.372 e. The molecule has 1 unspecified atom stereocenters. The molecule has 7 heterocycles. The summed E-state index contributed by atoms with van der Waals surface area (Å²) in [5.74, 6) is -0.132. The van der Waals surface area contributed by atoms with Crippen molar-refractivity contribution < 1.29 is 37.1 Å². The van der Waals surface area contributed by atoms with E-state index in [0.29, 0.717) is 60.4 Å². The van der Waals surface area contributed by atoms with Crippen LogP contribution in [0.25, 0.3) is 4.85 Å². The van der Waals surface area contributed by atoms with E-state index in [1.807, 2.05) is 17.0 Å². The van der Waals surface area contributed by atoms with Crippen LogP contribution in [0.15, 0.2) is 48.5 Å². The van der Waals surface area contributed by atoms with E-state index in [1.54, 1.807) is 18.2 Å². The highest BCUT2D eigenvalue weighted by molar-refractivity contribution is 6.23. The summed E-state index contributed by atoms with van der Waals surface area (Å²) in [4.78, 5) is 79.2. The van der Waals surface area contributed by atoms with Crippen LogP contribution >= 0.6 is 0 Å². The van der Waals surface area contributed by atoms with Crippen LogP contribution in [0.3, 0.4) is 0 Å². The van der Waals surface area contributed by atoms with E-state index in [1.165, 1.54) is 12.1 Å².